The Balaban J connectivity index is 2.10. The minimum atomic E-state index is -3.19. The second kappa shape index (κ2) is 5.59. The maximum absolute atomic E-state index is 11.3. The normalized spacial score (nSPS) is 11.2. The van der Waals surface area contributed by atoms with E-state index >= 15 is 0 Å². The molecule has 8 heteroatoms. The summed E-state index contributed by atoms with van der Waals surface area (Å²) in [6.07, 6.45) is 1.26. The van der Waals surface area contributed by atoms with Crippen LogP contribution in [0.15, 0.2) is 34.5 Å². The number of benzene rings is 1. The van der Waals surface area contributed by atoms with Crippen molar-refractivity contribution in [1.82, 2.24) is 4.98 Å². The van der Waals surface area contributed by atoms with E-state index in [9.17, 15) is 13.2 Å². The molecule has 6 nitrogen and oxygen atoms in total. The molecular weight excluding hydrogens is 298 g/mol. The highest BCUT2D eigenvalue weighted by Crippen LogP contribution is 2.22. The number of hydrogen-bond donors (Lipinski definition) is 2. The molecule has 0 saturated carbocycles. The summed E-state index contributed by atoms with van der Waals surface area (Å²) in [5.41, 5.74) is 6.42. The van der Waals surface area contributed by atoms with Gasteiger partial charge in [-0.05, 0) is 24.3 Å². The molecule has 0 saturated heterocycles. The third-order valence-electron chi connectivity index (χ3n) is 2.44. The number of carbonyl (C=O) groups excluding carboxylic acids is 1. The fraction of sp³-hybridized carbons (Fsp3) is 0.167. The lowest BCUT2D eigenvalue weighted by Crippen LogP contribution is -2.13. The summed E-state index contributed by atoms with van der Waals surface area (Å²) in [4.78, 5) is 15.2. The largest absolute Gasteiger partial charge is 0.369 e. The highest BCUT2D eigenvalue weighted by molar-refractivity contribution is 7.90. The number of nitrogens with zero attached hydrogens (tertiary/aromatic N) is 1. The van der Waals surface area contributed by atoms with Crippen LogP contribution < -0.4 is 11.1 Å². The summed E-state index contributed by atoms with van der Waals surface area (Å²) in [5.74, 6) is -0.431. The van der Waals surface area contributed by atoms with Gasteiger partial charge in [0.2, 0.25) is 5.91 Å². The van der Waals surface area contributed by atoms with Crippen molar-refractivity contribution in [2.24, 2.45) is 5.73 Å². The summed E-state index contributed by atoms with van der Waals surface area (Å²) in [6.45, 7) is 0. The van der Waals surface area contributed by atoms with Gasteiger partial charge in [-0.2, -0.15) is 0 Å². The quantitative estimate of drug-likeness (QED) is 0.867. The average molecular weight is 311 g/mol. The van der Waals surface area contributed by atoms with E-state index in [0.29, 0.717) is 10.8 Å². The second-order valence-corrected chi connectivity index (χ2v) is 7.08. The SMILES string of the molecule is CS(=O)(=O)c1ccc(Nc2nc(CC(N)=O)cs2)cc1. The first-order chi connectivity index (χ1) is 9.34. The van der Waals surface area contributed by atoms with Crippen LogP contribution in [0.5, 0.6) is 0 Å². The number of thiazole rings is 1. The summed E-state index contributed by atoms with van der Waals surface area (Å²) in [6, 6.07) is 6.36. The van der Waals surface area contributed by atoms with Crippen molar-refractivity contribution in [2.45, 2.75) is 11.3 Å². The van der Waals surface area contributed by atoms with Crippen LogP contribution in [-0.4, -0.2) is 25.6 Å². The number of primary amides is 1. The van der Waals surface area contributed by atoms with Gasteiger partial charge in [0, 0.05) is 17.3 Å². The van der Waals surface area contributed by atoms with Crippen molar-refractivity contribution < 1.29 is 13.2 Å². The molecule has 0 spiro atoms. The lowest BCUT2D eigenvalue weighted by molar-refractivity contribution is -0.117. The Hall–Kier alpha value is -1.93. The maximum Gasteiger partial charge on any atom is 0.223 e. The van der Waals surface area contributed by atoms with Crippen molar-refractivity contribution in [3.63, 3.8) is 0 Å². The number of nitrogens with one attached hydrogen (secondary N) is 1. The zero-order valence-electron chi connectivity index (χ0n) is 10.7. The Morgan fingerprint density at radius 2 is 2.00 bits per heavy atom. The molecule has 0 radical (unpaired) electrons. The highest BCUT2D eigenvalue weighted by atomic mass is 32.2. The first kappa shape index (κ1) is 14.5. The molecule has 1 amide bonds. The number of nitrogens with two attached hydrogens (primary N) is 1. The average Bonchev–Trinajstić information content (AvgIpc) is 2.75. The van der Waals surface area contributed by atoms with Crippen LogP contribution in [0.4, 0.5) is 10.8 Å². The molecule has 0 aliphatic heterocycles. The first-order valence-corrected chi connectivity index (χ1v) is 8.41. The maximum atomic E-state index is 11.3. The molecule has 3 N–H and O–H groups in total. The van der Waals surface area contributed by atoms with Crippen LogP contribution in [0.2, 0.25) is 0 Å². The van der Waals surface area contributed by atoms with Crippen LogP contribution >= 0.6 is 11.3 Å². The lowest BCUT2D eigenvalue weighted by Gasteiger charge is -2.03. The molecule has 0 atom stereocenters. The standard InChI is InChI=1S/C12H13N3O3S2/c1-20(17,18)10-4-2-8(3-5-10)14-12-15-9(7-19-12)6-11(13)16/h2-5,7H,6H2,1H3,(H2,13,16)(H,14,15). The Bertz CT molecular complexity index is 721. The molecular formula is C12H13N3O3S2. The van der Waals surface area contributed by atoms with Gasteiger partial charge in [-0.15, -0.1) is 11.3 Å². The van der Waals surface area contributed by atoms with Crippen LogP contribution in [-0.2, 0) is 21.1 Å². The van der Waals surface area contributed by atoms with Gasteiger partial charge in [0.15, 0.2) is 15.0 Å². The smallest absolute Gasteiger partial charge is 0.223 e. The summed E-state index contributed by atoms with van der Waals surface area (Å²) in [7, 11) is -3.19. The molecule has 1 aromatic heterocycles. The van der Waals surface area contributed by atoms with Gasteiger partial charge >= 0.3 is 0 Å². The van der Waals surface area contributed by atoms with E-state index in [4.69, 9.17) is 5.73 Å². The Morgan fingerprint density at radius 3 is 2.55 bits per heavy atom. The van der Waals surface area contributed by atoms with E-state index in [1.807, 2.05) is 0 Å². The molecule has 1 heterocycles. The fourth-order valence-corrected chi connectivity index (χ4v) is 2.89. The molecule has 2 aromatic rings. The molecule has 20 heavy (non-hydrogen) atoms. The lowest BCUT2D eigenvalue weighted by atomic mass is 10.3. The second-order valence-electron chi connectivity index (χ2n) is 4.21. The summed E-state index contributed by atoms with van der Waals surface area (Å²) < 4.78 is 22.7. The first-order valence-electron chi connectivity index (χ1n) is 5.64. The van der Waals surface area contributed by atoms with Gasteiger partial charge in [0.1, 0.15) is 0 Å². The van der Waals surface area contributed by atoms with Gasteiger partial charge in [0.05, 0.1) is 17.0 Å². The van der Waals surface area contributed by atoms with E-state index in [2.05, 4.69) is 10.3 Å². The van der Waals surface area contributed by atoms with Gasteiger partial charge in [-0.3, -0.25) is 4.79 Å². The van der Waals surface area contributed by atoms with Crippen LogP contribution in [0.3, 0.4) is 0 Å². The van der Waals surface area contributed by atoms with Crippen molar-refractivity contribution >= 4 is 37.9 Å². The van der Waals surface area contributed by atoms with E-state index in [1.165, 1.54) is 23.5 Å². The van der Waals surface area contributed by atoms with Crippen LogP contribution in [0, 0.1) is 0 Å². The minimum Gasteiger partial charge on any atom is -0.369 e. The molecule has 0 fully saturated rings. The number of rotatable bonds is 5. The molecule has 0 bridgehead atoms. The van der Waals surface area contributed by atoms with Crippen molar-refractivity contribution in [1.29, 1.82) is 0 Å². The zero-order chi connectivity index (χ0) is 14.8. The van der Waals surface area contributed by atoms with Crippen molar-refractivity contribution in [2.75, 3.05) is 11.6 Å². The third-order valence-corrected chi connectivity index (χ3v) is 4.38. The van der Waals surface area contributed by atoms with Gasteiger partial charge in [0.25, 0.3) is 0 Å². The molecule has 0 aliphatic rings. The van der Waals surface area contributed by atoms with Gasteiger partial charge in [-0.25, -0.2) is 13.4 Å². The predicted molar refractivity (Wildman–Crippen MR) is 77.8 cm³/mol. The fourth-order valence-electron chi connectivity index (χ4n) is 1.53. The number of sulfone groups is 1. The third kappa shape index (κ3) is 3.78. The molecule has 1 aromatic carbocycles. The molecule has 0 aliphatic carbocycles. The van der Waals surface area contributed by atoms with E-state index in [-0.39, 0.29) is 11.3 Å². The van der Waals surface area contributed by atoms with Gasteiger partial charge < -0.3 is 11.1 Å². The number of carbonyl (C=O) groups is 1. The van der Waals surface area contributed by atoms with Crippen molar-refractivity contribution in [3.05, 3.63) is 35.3 Å². The van der Waals surface area contributed by atoms with E-state index in [1.54, 1.807) is 17.5 Å². The van der Waals surface area contributed by atoms with Crippen LogP contribution in [0.1, 0.15) is 5.69 Å². The number of amides is 1. The van der Waals surface area contributed by atoms with E-state index in [0.717, 1.165) is 11.9 Å². The highest BCUT2D eigenvalue weighted by Gasteiger charge is 2.08. The topological polar surface area (TPSA) is 102 Å². The summed E-state index contributed by atoms with van der Waals surface area (Å²) >= 11 is 1.35. The van der Waals surface area contributed by atoms with Crippen molar-refractivity contribution in [3.8, 4) is 0 Å². The minimum absolute atomic E-state index is 0.102. The summed E-state index contributed by atoms with van der Waals surface area (Å²) in [5, 5.41) is 5.40. The Kier molecular flexibility index (Phi) is 4.05. The Labute approximate surface area is 120 Å². The van der Waals surface area contributed by atoms with E-state index < -0.39 is 15.7 Å². The molecule has 106 valence electrons. The number of aromatic nitrogens is 1. The number of hydrogen-bond acceptors (Lipinski definition) is 6. The van der Waals surface area contributed by atoms with Crippen LogP contribution in [0.25, 0.3) is 0 Å². The number of anilines is 2. The molecule has 0 unspecified atom stereocenters. The predicted octanol–water partition coefficient (Wildman–Crippen LogP) is 1.32. The molecule has 2 rings (SSSR count). The Morgan fingerprint density at radius 1 is 1.35 bits per heavy atom. The zero-order valence-corrected chi connectivity index (χ0v) is 12.3. The monoisotopic (exact) mass is 311 g/mol. The van der Waals surface area contributed by atoms with Gasteiger partial charge in [-0.1, -0.05) is 0 Å².